The number of aromatic nitrogens is 5. The van der Waals surface area contributed by atoms with Gasteiger partial charge in [0.15, 0.2) is 17.5 Å². The molecular weight excluding hydrogens is 871 g/mol. The van der Waals surface area contributed by atoms with Crippen molar-refractivity contribution < 1.29 is 0 Å². The van der Waals surface area contributed by atoms with E-state index in [-0.39, 0.29) is 0 Å². The van der Waals surface area contributed by atoms with Crippen molar-refractivity contribution in [2.75, 3.05) is 0 Å². The molecule has 14 rings (SSSR count). The van der Waals surface area contributed by atoms with E-state index in [0.717, 1.165) is 60.5 Å². The van der Waals surface area contributed by atoms with E-state index in [2.05, 4.69) is 143 Å². The van der Waals surface area contributed by atoms with Gasteiger partial charge in [-0.05, 0) is 60.7 Å². The summed E-state index contributed by atoms with van der Waals surface area (Å²) in [6, 6.07) is 69.4. The smallest absolute Gasteiger partial charge is 0.166 e. The van der Waals surface area contributed by atoms with Gasteiger partial charge in [-0.1, -0.05) is 127 Å². The average Bonchev–Trinajstić information content (AvgIpc) is 4.16. The van der Waals surface area contributed by atoms with Crippen molar-refractivity contribution in [3.8, 4) is 57.7 Å². The lowest BCUT2D eigenvalue weighted by atomic mass is 10.1. The first kappa shape index (κ1) is 38.3. The molecule has 0 N–H and O–H groups in total. The van der Waals surface area contributed by atoms with Gasteiger partial charge in [-0.3, -0.25) is 0 Å². The Bertz CT molecular complexity index is 4270. The van der Waals surface area contributed by atoms with Crippen LogP contribution in [0.3, 0.4) is 0 Å². The Kier molecular flexibility index (Phi) is 8.31. The van der Waals surface area contributed by atoms with Gasteiger partial charge in [-0.2, -0.15) is 10.5 Å². The maximum Gasteiger partial charge on any atom is 0.166 e. The molecule has 7 nitrogen and oxygen atoms in total. The third-order valence-electron chi connectivity index (χ3n) is 13.2. The van der Waals surface area contributed by atoms with Crippen molar-refractivity contribution in [3.63, 3.8) is 0 Å². The van der Waals surface area contributed by atoms with Crippen LogP contribution in [-0.4, -0.2) is 24.1 Å². The van der Waals surface area contributed by atoms with Crippen molar-refractivity contribution in [2.24, 2.45) is 0 Å². The summed E-state index contributed by atoms with van der Waals surface area (Å²) in [5, 5.41) is 30.3. The largest absolute Gasteiger partial charge is 0.307 e. The zero-order chi connectivity index (χ0) is 45.0. The SMILES string of the molecule is N#Cc1ccc(-n2c3ccccc3c3ccc4c5ccccc5sc4c32)c(-c2nc(-c3ccccc3)nc(-c3cc(C#N)ccc3-n3c4ccccc4c4ccc5c6ccccc6sc5c43)n2)c1. The number of para-hydroxylation sites is 2. The number of thiophene rings is 2. The summed E-state index contributed by atoms with van der Waals surface area (Å²) in [6.45, 7) is 0. The number of hydrogen-bond donors (Lipinski definition) is 0. The maximum absolute atomic E-state index is 10.5. The van der Waals surface area contributed by atoms with Crippen LogP contribution in [0.4, 0.5) is 0 Å². The lowest BCUT2D eigenvalue weighted by Gasteiger charge is -2.17. The zero-order valence-electron chi connectivity index (χ0n) is 35.8. The van der Waals surface area contributed by atoms with Gasteiger partial charge >= 0.3 is 0 Å². The second-order valence-electron chi connectivity index (χ2n) is 16.9. The fourth-order valence-corrected chi connectivity index (χ4v) is 12.7. The summed E-state index contributed by atoms with van der Waals surface area (Å²) in [5.74, 6) is 1.27. The monoisotopic (exact) mass is 901 g/mol. The van der Waals surface area contributed by atoms with Crippen LogP contribution in [0.1, 0.15) is 11.1 Å². The molecule has 9 heteroatoms. The predicted octanol–water partition coefficient (Wildman–Crippen LogP) is 15.5. The van der Waals surface area contributed by atoms with Crippen molar-refractivity contribution >= 4 is 107 Å². The van der Waals surface area contributed by atoms with E-state index in [1.165, 1.54) is 40.3 Å². The number of fused-ring (bicyclic) bond motifs is 14. The molecule has 0 spiro atoms. The summed E-state index contributed by atoms with van der Waals surface area (Å²) < 4.78 is 9.42. The molecule has 0 aliphatic carbocycles. The first-order valence-corrected chi connectivity index (χ1v) is 23.8. The molecule has 0 aliphatic heterocycles. The van der Waals surface area contributed by atoms with E-state index in [4.69, 9.17) is 15.0 Å². The summed E-state index contributed by atoms with van der Waals surface area (Å²) in [7, 11) is 0. The molecule has 5 aromatic heterocycles. The van der Waals surface area contributed by atoms with E-state index in [9.17, 15) is 10.5 Å². The van der Waals surface area contributed by atoms with Gasteiger partial charge < -0.3 is 9.13 Å². The molecule has 0 bridgehead atoms. The molecule has 0 radical (unpaired) electrons. The van der Waals surface area contributed by atoms with Gasteiger partial charge in [0.2, 0.25) is 0 Å². The summed E-state index contributed by atoms with van der Waals surface area (Å²) >= 11 is 3.58. The molecule has 5 heterocycles. The van der Waals surface area contributed by atoms with Crippen LogP contribution < -0.4 is 0 Å². The van der Waals surface area contributed by atoms with Crippen molar-refractivity contribution in [2.45, 2.75) is 0 Å². The molecule has 0 unspecified atom stereocenters. The number of rotatable bonds is 5. The molecule has 0 saturated heterocycles. The maximum atomic E-state index is 10.5. The lowest BCUT2D eigenvalue weighted by Crippen LogP contribution is -2.06. The lowest BCUT2D eigenvalue weighted by molar-refractivity contribution is 1.06. The Labute approximate surface area is 395 Å². The molecule has 0 aliphatic rings. The van der Waals surface area contributed by atoms with Crippen LogP contribution >= 0.6 is 22.7 Å². The van der Waals surface area contributed by atoms with Crippen LogP contribution in [0.2, 0.25) is 0 Å². The normalized spacial score (nSPS) is 11.8. The Hall–Kier alpha value is -8.99. The molecule has 14 aromatic rings. The fraction of sp³-hybridized carbons (Fsp3) is 0. The first-order chi connectivity index (χ1) is 33.6. The number of nitriles is 2. The van der Waals surface area contributed by atoms with Gasteiger partial charge in [0.05, 0.1) is 66.1 Å². The highest BCUT2D eigenvalue weighted by Gasteiger charge is 2.25. The minimum Gasteiger partial charge on any atom is -0.307 e. The standard InChI is InChI=1S/C59H31N7S2/c60-32-34-22-28-49(65-47-18-8-4-14-37(47)41-24-26-43-39-16-6-10-20-51(39)67-55(43)53(41)65)45(30-34)58-62-57(36-12-2-1-3-13-36)63-59(64-58)46-31-35(33-61)23-29-50(46)66-48-19-9-5-15-38(48)42-25-27-44-40-17-7-11-21-52(40)68-56(44)54(42)66/h1-31H. The van der Waals surface area contributed by atoms with Gasteiger partial charge in [-0.15, -0.1) is 22.7 Å². The molecule has 0 atom stereocenters. The third-order valence-corrected chi connectivity index (χ3v) is 15.6. The van der Waals surface area contributed by atoms with Crippen molar-refractivity contribution in [3.05, 3.63) is 199 Å². The fourth-order valence-electron chi connectivity index (χ4n) is 10.3. The molecule has 0 saturated carbocycles. The van der Waals surface area contributed by atoms with E-state index >= 15 is 0 Å². The molecule has 0 fully saturated rings. The van der Waals surface area contributed by atoms with Crippen molar-refractivity contribution in [1.29, 1.82) is 10.5 Å². The number of nitrogens with zero attached hydrogens (tertiary/aromatic N) is 7. The van der Waals surface area contributed by atoms with Crippen LogP contribution in [-0.2, 0) is 0 Å². The molecule has 314 valence electrons. The van der Waals surface area contributed by atoms with Crippen LogP contribution in [0.25, 0.3) is 129 Å². The van der Waals surface area contributed by atoms with Crippen LogP contribution in [0.5, 0.6) is 0 Å². The third kappa shape index (κ3) is 5.58. The van der Waals surface area contributed by atoms with Gasteiger partial charge in [0.25, 0.3) is 0 Å². The highest BCUT2D eigenvalue weighted by atomic mass is 32.1. The van der Waals surface area contributed by atoms with Gasteiger partial charge in [0.1, 0.15) is 0 Å². The molecule has 0 amide bonds. The Morgan fingerprint density at radius 3 is 1.26 bits per heavy atom. The van der Waals surface area contributed by atoms with E-state index in [1.54, 1.807) is 22.7 Å². The summed E-state index contributed by atoms with van der Waals surface area (Å²) in [5.41, 5.74) is 8.98. The predicted molar refractivity (Wildman–Crippen MR) is 280 cm³/mol. The minimum atomic E-state index is 0.401. The first-order valence-electron chi connectivity index (χ1n) is 22.2. The quantitative estimate of drug-likeness (QED) is 0.171. The minimum absolute atomic E-state index is 0.401. The summed E-state index contributed by atoms with van der Waals surface area (Å²) in [4.78, 5) is 16.0. The Morgan fingerprint density at radius 1 is 0.368 bits per heavy atom. The summed E-state index contributed by atoms with van der Waals surface area (Å²) in [6.07, 6.45) is 0. The highest BCUT2D eigenvalue weighted by molar-refractivity contribution is 7.27. The van der Waals surface area contributed by atoms with Crippen molar-refractivity contribution in [1.82, 2.24) is 24.1 Å². The zero-order valence-corrected chi connectivity index (χ0v) is 37.5. The van der Waals surface area contributed by atoms with E-state index in [1.807, 2.05) is 66.7 Å². The average molecular weight is 902 g/mol. The second-order valence-corrected chi connectivity index (χ2v) is 19.0. The Morgan fingerprint density at radius 2 is 0.779 bits per heavy atom. The van der Waals surface area contributed by atoms with Crippen LogP contribution in [0, 0.1) is 22.7 Å². The molecule has 68 heavy (non-hydrogen) atoms. The number of benzene rings is 9. The molecular formula is C59H31N7S2. The van der Waals surface area contributed by atoms with E-state index in [0.29, 0.717) is 39.7 Å². The molecule has 9 aromatic carbocycles. The van der Waals surface area contributed by atoms with E-state index < -0.39 is 0 Å². The van der Waals surface area contributed by atoms with Gasteiger partial charge in [-0.25, -0.2) is 15.0 Å². The Balaban J connectivity index is 1.09. The second kappa shape index (κ2) is 14.8. The highest BCUT2D eigenvalue weighted by Crippen LogP contribution is 2.46. The van der Waals surface area contributed by atoms with Crippen LogP contribution in [0.15, 0.2) is 188 Å². The topological polar surface area (TPSA) is 96.1 Å². The number of hydrogen-bond acceptors (Lipinski definition) is 7. The van der Waals surface area contributed by atoms with Gasteiger partial charge in [0, 0.05) is 69.2 Å².